The molecule has 0 amide bonds. The molecule has 1 aliphatic rings. The molecule has 2 rings (SSSR count). The van der Waals surface area contributed by atoms with Gasteiger partial charge in [0.2, 0.25) is 0 Å². The molecule has 0 aromatic heterocycles. The molecule has 0 atom stereocenters. The van der Waals surface area contributed by atoms with Gasteiger partial charge in [-0.05, 0) is 53.1 Å². The van der Waals surface area contributed by atoms with E-state index in [9.17, 15) is 4.39 Å². The van der Waals surface area contributed by atoms with E-state index < -0.39 is 0 Å². The van der Waals surface area contributed by atoms with E-state index in [1.807, 2.05) is 12.1 Å². The molecule has 1 saturated heterocycles. The lowest BCUT2D eigenvalue weighted by Gasteiger charge is -2.26. The van der Waals surface area contributed by atoms with E-state index in [2.05, 4.69) is 26.1 Å². The van der Waals surface area contributed by atoms with Crippen molar-refractivity contribution in [3.8, 4) is 0 Å². The second kappa shape index (κ2) is 7.94. The van der Waals surface area contributed by atoms with Crippen LogP contribution < -0.4 is 5.32 Å². The first-order valence-corrected chi connectivity index (χ1v) is 7.50. The number of morpholine rings is 1. The molecule has 1 aromatic carbocycles. The standard InChI is InChI=1S/C14H20BrFN2O/c15-13-10-12(2-3-14(13)16)11-17-4-1-5-18-6-8-19-9-7-18/h2-3,10,17H,1,4-9,11H2. The summed E-state index contributed by atoms with van der Waals surface area (Å²) in [5, 5.41) is 3.39. The maximum atomic E-state index is 13.1. The van der Waals surface area contributed by atoms with Crippen LogP contribution in [0, 0.1) is 5.82 Å². The maximum Gasteiger partial charge on any atom is 0.137 e. The van der Waals surface area contributed by atoms with Gasteiger partial charge in [-0.3, -0.25) is 4.90 Å². The van der Waals surface area contributed by atoms with Crippen LogP contribution in [0.25, 0.3) is 0 Å². The summed E-state index contributed by atoms with van der Waals surface area (Å²) in [5.41, 5.74) is 1.10. The Labute approximate surface area is 122 Å². The Morgan fingerprint density at radius 1 is 1.32 bits per heavy atom. The van der Waals surface area contributed by atoms with Crippen LogP contribution in [0.3, 0.4) is 0 Å². The van der Waals surface area contributed by atoms with Crippen molar-refractivity contribution in [3.63, 3.8) is 0 Å². The zero-order valence-electron chi connectivity index (χ0n) is 11.0. The Bertz CT molecular complexity index is 397. The first-order chi connectivity index (χ1) is 9.25. The quantitative estimate of drug-likeness (QED) is 0.810. The van der Waals surface area contributed by atoms with Gasteiger partial charge < -0.3 is 10.1 Å². The molecule has 5 heteroatoms. The SMILES string of the molecule is Fc1ccc(CNCCCN2CCOCC2)cc1Br. The summed E-state index contributed by atoms with van der Waals surface area (Å²) < 4.78 is 18.9. The third kappa shape index (κ3) is 5.18. The minimum atomic E-state index is -0.212. The van der Waals surface area contributed by atoms with Crippen LogP contribution in [-0.4, -0.2) is 44.3 Å². The lowest BCUT2D eigenvalue weighted by Crippen LogP contribution is -2.37. The maximum absolute atomic E-state index is 13.1. The number of rotatable bonds is 6. The van der Waals surface area contributed by atoms with Crippen molar-refractivity contribution in [2.75, 3.05) is 39.4 Å². The van der Waals surface area contributed by atoms with Crippen LogP contribution in [-0.2, 0) is 11.3 Å². The Morgan fingerprint density at radius 2 is 2.11 bits per heavy atom. The molecule has 19 heavy (non-hydrogen) atoms. The molecule has 0 bridgehead atoms. The monoisotopic (exact) mass is 330 g/mol. The van der Waals surface area contributed by atoms with Crippen molar-refractivity contribution in [2.24, 2.45) is 0 Å². The first-order valence-electron chi connectivity index (χ1n) is 6.70. The number of nitrogens with one attached hydrogen (secondary N) is 1. The molecule has 3 nitrogen and oxygen atoms in total. The van der Waals surface area contributed by atoms with Crippen LogP contribution in [0.4, 0.5) is 4.39 Å². The van der Waals surface area contributed by atoms with Crippen LogP contribution in [0.1, 0.15) is 12.0 Å². The number of ether oxygens (including phenoxy) is 1. The van der Waals surface area contributed by atoms with Gasteiger partial charge in [-0.2, -0.15) is 0 Å². The number of hydrogen-bond donors (Lipinski definition) is 1. The van der Waals surface area contributed by atoms with Crippen molar-refractivity contribution < 1.29 is 9.13 Å². The van der Waals surface area contributed by atoms with E-state index in [1.54, 1.807) is 0 Å². The largest absolute Gasteiger partial charge is 0.379 e. The summed E-state index contributed by atoms with van der Waals surface area (Å²) in [6.45, 7) is 6.68. The van der Waals surface area contributed by atoms with Crippen LogP contribution in [0.2, 0.25) is 0 Å². The Morgan fingerprint density at radius 3 is 2.84 bits per heavy atom. The summed E-state index contributed by atoms with van der Waals surface area (Å²) in [4.78, 5) is 2.43. The van der Waals surface area contributed by atoms with Crippen molar-refractivity contribution in [3.05, 3.63) is 34.1 Å². The fourth-order valence-electron chi connectivity index (χ4n) is 2.13. The molecular weight excluding hydrogens is 311 g/mol. The Kier molecular flexibility index (Phi) is 6.23. The number of halogens is 2. The number of benzene rings is 1. The third-order valence-electron chi connectivity index (χ3n) is 3.24. The van der Waals surface area contributed by atoms with Gasteiger partial charge in [-0.25, -0.2) is 4.39 Å². The zero-order valence-corrected chi connectivity index (χ0v) is 12.6. The molecule has 0 saturated carbocycles. The van der Waals surface area contributed by atoms with Gasteiger partial charge in [0.05, 0.1) is 17.7 Å². The fourth-order valence-corrected chi connectivity index (χ4v) is 2.56. The molecule has 106 valence electrons. The molecule has 1 heterocycles. The van der Waals surface area contributed by atoms with Gasteiger partial charge in [-0.15, -0.1) is 0 Å². The third-order valence-corrected chi connectivity index (χ3v) is 3.85. The topological polar surface area (TPSA) is 24.5 Å². The highest BCUT2D eigenvalue weighted by atomic mass is 79.9. The molecule has 1 aromatic rings. The van der Waals surface area contributed by atoms with Gasteiger partial charge in [0.25, 0.3) is 0 Å². The lowest BCUT2D eigenvalue weighted by atomic mass is 10.2. The number of nitrogens with zero attached hydrogens (tertiary/aromatic N) is 1. The van der Waals surface area contributed by atoms with Crippen molar-refractivity contribution in [1.82, 2.24) is 10.2 Å². The molecule has 0 aliphatic carbocycles. The van der Waals surface area contributed by atoms with Gasteiger partial charge in [-0.1, -0.05) is 6.07 Å². The van der Waals surface area contributed by atoms with E-state index in [-0.39, 0.29) is 5.82 Å². The van der Waals surface area contributed by atoms with Gasteiger partial charge in [0, 0.05) is 19.6 Å². The molecule has 1 fully saturated rings. The van der Waals surface area contributed by atoms with E-state index in [1.165, 1.54) is 6.07 Å². The van der Waals surface area contributed by atoms with Crippen LogP contribution >= 0.6 is 15.9 Å². The summed E-state index contributed by atoms with van der Waals surface area (Å²) in [7, 11) is 0. The van der Waals surface area contributed by atoms with Crippen molar-refractivity contribution in [2.45, 2.75) is 13.0 Å². The van der Waals surface area contributed by atoms with E-state index in [4.69, 9.17) is 4.74 Å². The smallest absolute Gasteiger partial charge is 0.137 e. The lowest BCUT2D eigenvalue weighted by molar-refractivity contribution is 0.0374. The highest BCUT2D eigenvalue weighted by Gasteiger charge is 2.08. The summed E-state index contributed by atoms with van der Waals surface area (Å²) >= 11 is 3.20. The Balaban J connectivity index is 1.59. The van der Waals surface area contributed by atoms with Gasteiger partial charge >= 0.3 is 0 Å². The summed E-state index contributed by atoms with van der Waals surface area (Å²) in [6.07, 6.45) is 1.13. The summed E-state index contributed by atoms with van der Waals surface area (Å²) in [6, 6.07) is 5.13. The summed E-state index contributed by atoms with van der Waals surface area (Å²) in [5.74, 6) is -0.212. The van der Waals surface area contributed by atoms with E-state index in [0.29, 0.717) is 4.47 Å². The van der Waals surface area contributed by atoms with Crippen molar-refractivity contribution in [1.29, 1.82) is 0 Å². The van der Waals surface area contributed by atoms with E-state index >= 15 is 0 Å². The average Bonchev–Trinajstić information content (AvgIpc) is 2.43. The average molecular weight is 331 g/mol. The molecular formula is C14H20BrFN2O. The predicted octanol–water partition coefficient (Wildman–Crippen LogP) is 2.40. The molecule has 0 spiro atoms. The molecule has 0 unspecified atom stereocenters. The minimum absolute atomic E-state index is 0.212. The predicted molar refractivity (Wildman–Crippen MR) is 77.7 cm³/mol. The second-order valence-electron chi connectivity index (χ2n) is 4.73. The van der Waals surface area contributed by atoms with E-state index in [0.717, 1.165) is 57.9 Å². The first kappa shape index (κ1) is 14.9. The molecule has 1 aliphatic heterocycles. The van der Waals surface area contributed by atoms with Crippen LogP contribution in [0.5, 0.6) is 0 Å². The molecule has 0 radical (unpaired) electrons. The Hall–Kier alpha value is -0.490. The normalized spacial score (nSPS) is 16.7. The minimum Gasteiger partial charge on any atom is -0.379 e. The highest BCUT2D eigenvalue weighted by Crippen LogP contribution is 2.16. The second-order valence-corrected chi connectivity index (χ2v) is 5.59. The zero-order chi connectivity index (χ0) is 13.5. The van der Waals surface area contributed by atoms with Gasteiger partial charge in [0.1, 0.15) is 5.82 Å². The van der Waals surface area contributed by atoms with Crippen LogP contribution in [0.15, 0.2) is 22.7 Å². The molecule has 1 N–H and O–H groups in total. The van der Waals surface area contributed by atoms with Gasteiger partial charge in [0.15, 0.2) is 0 Å². The number of hydrogen-bond acceptors (Lipinski definition) is 3. The fraction of sp³-hybridized carbons (Fsp3) is 0.571. The highest BCUT2D eigenvalue weighted by molar-refractivity contribution is 9.10. The van der Waals surface area contributed by atoms with Crippen molar-refractivity contribution >= 4 is 15.9 Å².